The van der Waals surface area contributed by atoms with Crippen LogP contribution in [0.4, 0.5) is 0 Å². The van der Waals surface area contributed by atoms with Crippen LogP contribution in [0.25, 0.3) is 10.2 Å². The maximum atomic E-state index is 12.6. The Morgan fingerprint density at radius 2 is 2.30 bits per heavy atom. The topological polar surface area (TPSA) is 59.2 Å². The predicted octanol–water partition coefficient (Wildman–Crippen LogP) is 2.50. The molecule has 5 heteroatoms. The van der Waals surface area contributed by atoms with Gasteiger partial charge in [-0.25, -0.2) is 4.98 Å². The summed E-state index contributed by atoms with van der Waals surface area (Å²) in [4.78, 5) is 18.8. The van der Waals surface area contributed by atoms with Crippen molar-refractivity contribution in [2.45, 2.75) is 26.3 Å². The monoisotopic (exact) mass is 289 g/mol. The van der Waals surface area contributed by atoms with Crippen molar-refractivity contribution < 1.29 is 4.79 Å². The SMILES string of the molecule is CC1(C)CN(C(=O)c2ccc3ncsc3c2)CCC1N. The lowest BCUT2D eigenvalue weighted by molar-refractivity contribution is 0.0533. The van der Waals surface area contributed by atoms with E-state index < -0.39 is 0 Å². The second-order valence-corrected chi connectivity index (χ2v) is 7.03. The van der Waals surface area contributed by atoms with Crippen LogP contribution in [0.15, 0.2) is 23.7 Å². The van der Waals surface area contributed by atoms with Crippen LogP contribution in [-0.4, -0.2) is 34.9 Å². The summed E-state index contributed by atoms with van der Waals surface area (Å²) in [5.74, 6) is 0.0975. The molecule has 2 aromatic rings. The Kier molecular flexibility index (Phi) is 3.26. The Bertz CT molecular complexity index is 649. The van der Waals surface area contributed by atoms with Gasteiger partial charge in [-0.2, -0.15) is 0 Å². The summed E-state index contributed by atoms with van der Waals surface area (Å²) in [6.07, 6.45) is 0.863. The number of hydrogen-bond donors (Lipinski definition) is 1. The molecule has 1 saturated heterocycles. The summed E-state index contributed by atoms with van der Waals surface area (Å²) >= 11 is 1.56. The zero-order valence-corrected chi connectivity index (χ0v) is 12.6. The first-order chi connectivity index (χ1) is 9.47. The molecule has 0 saturated carbocycles. The number of amides is 1. The molecular formula is C15H19N3OS. The van der Waals surface area contributed by atoms with Crippen molar-refractivity contribution in [2.24, 2.45) is 11.1 Å². The van der Waals surface area contributed by atoms with Crippen molar-refractivity contribution in [1.82, 2.24) is 9.88 Å². The standard InChI is InChI=1S/C15H19N3OS/c1-15(2)8-18(6-5-13(15)16)14(19)10-3-4-11-12(7-10)20-9-17-11/h3-4,7,9,13H,5-6,8,16H2,1-2H3. The highest BCUT2D eigenvalue weighted by atomic mass is 32.1. The van der Waals surface area contributed by atoms with E-state index >= 15 is 0 Å². The molecule has 0 spiro atoms. The van der Waals surface area contributed by atoms with Gasteiger partial charge in [-0.05, 0) is 30.0 Å². The molecule has 4 nitrogen and oxygen atoms in total. The fourth-order valence-electron chi connectivity index (χ4n) is 2.72. The molecule has 2 N–H and O–H groups in total. The number of nitrogens with two attached hydrogens (primary N) is 1. The summed E-state index contributed by atoms with van der Waals surface area (Å²) in [5, 5.41) is 0. The summed E-state index contributed by atoms with van der Waals surface area (Å²) in [5.41, 5.74) is 9.61. The number of thiazole rings is 1. The van der Waals surface area contributed by atoms with Crippen molar-refractivity contribution in [3.05, 3.63) is 29.3 Å². The molecule has 20 heavy (non-hydrogen) atoms. The Morgan fingerprint density at radius 1 is 1.50 bits per heavy atom. The third-order valence-electron chi connectivity index (χ3n) is 4.18. The van der Waals surface area contributed by atoms with Crippen LogP contribution >= 0.6 is 11.3 Å². The number of carbonyl (C=O) groups excluding carboxylic acids is 1. The number of rotatable bonds is 1. The van der Waals surface area contributed by atoms with Gasteiger partial charge in [-0.15, -0.1) is 11.3 Å². The molecule has 1 fully saturated rings. The summed E-state index contributed by atoms with van der Waals surface area (Å²) < 4.78 is 1.06. The first-order valence-corrected chi connectivity index (χ1v) is 7.73. The Morgan fingerprint density at radius 3 is 3.05 bits per heavy atom. The minimum atomic E-state index is -0.0253. The molecule has 0 aliphatic carbocycles. The zero-order valence-electron chi connectivity index (χ0n) is 11.8. The van der Waals surface area contributed by atoms with Crippen LogP contribution in [0.3, 0.4) is 0 Å². The van der Waals surface area contributed by atoms with Crippen LogP contribution in [0, 0.1) is 5.41 Å². The molecular weight excluding hydrogens is 270 g/mol. The molecule has 1 aliphatic rings. The fourth-order valence-corrected chi connectivity index (χ4v) is 3.43. The minimum Gasteiger partial charge on any atom is -0.338 e. The van der Waals surface area contributed by atoms with Crippen molar-refractivity contribution in [3.63, 3.8) is 0 Å². The van der Waals surface area contributed by atoms with Crippen LogP contribution in [-0.2, 0) is 0 Å². The smallest absolute Gasteiger partial charge is 0.253 e. The van der Waals surface area contributed by atoms with Gasteiger partial charge in [0.1, 0.15) is 0 Å². The summed E-state index contributed by atoms with van der Waals surface area (Å²) in [6, 6.07) is 5.89. The lowest BCUT2D eigenvalue weighted by atomic mass is 9.79. The largest absolute Gasteiger partial charge is 0.338 e. The van der Waals surface area contributed by atoms with Crippen LogP contribution in [0.2, 0.25) is 0 Å². The first kappa shape index (κ1) is 13.5. The molecule has 1 unspecified atom stereocenters. The number of benzene rings is 1. The average Bonchev–Trinajstić information content (AvgIpc) is 2.88. The van der Waals surface area contributed by atoms with Gasteiger partial charge in [-0.3, -0.25) is 4.79 Å². The highest BCUT2D eigenvalue weighted by molar-refractivity contribution is 7.16. The van der Waals surface area contributed by atoms with E-state index in [1.165, 1.54) is 0 Å². The van der Waals surface area contributed by atoms with Crippen LogP contribution < -0.4 is 5.73 Å². The normalized spacial score (nSPS) is 22.1. The van der Waals surface area contributed by atoms with E-state index in [9.17, 15) is 4.79 Å². The molecule has 0 radical (unpaired) electrons. The lowest BCUT2D eigenvalue weighted by Crippen LogP contribution is -2.53. The molecule has 2 heterocycles. The van der Waals surface area contributed by atoms with Gasteiger partial charge >= 0.3 is 0 Å². The van der Waals surface area contributed by atoms with E-state index in [1.54, 1.807) is 11.3 Å². The van der Waals surface area contributed by atoms with Crippen molar-refractivity contribution in [3.8, 4) is 0 Å². The first-order valence-electron chi connectivity index (χ1n) is 6.85. The molecule has 1 aromatic carbocycles. The third-order valence-corrected chi connectivity index (χ3v) is 4.97. The molecule has 0 bridgehead atoms. The lowest BCUT2D eigenvalue weighted by Gasteiger charge is -2.42. The van der Waals surface area contributed by atoms with Gasteiger partial charge in [0.25, 0.3) is 5.91 Å². The van der Waals surface area contributed by atoms with Gasteiger partial charge in [0.05, 0.1) is 15.7 Å². The van der Waals surface area contributed by atoms with Crippen molar-refractivity contribution in [2.75, 3.05) is 13.1 Å². The Balaban J connectivity index is 1.85. The average molecular weight is 289 g/mol. The number of fused-ring (bicyclic) bond motifs is 1. The van der Waals surface area contributed by atoms with Crippen molar-refractivity contribution in [1.29, 1.82) is 0 Å². The molecule has 3 rings (SSSR count). The highest BCUT2D eigenvalue weighted by Gasteiger charge is 2.35. The molecule has 1 atom stereocenters. The van der Waals surface area contributed by atoms with Gasteiger partial charge in [0.2, 0.25) is 0 Å². The second kappa shape index (κ2) is 4.82. The maximum absolute atomic E-state index is 12.6. The zero-order chi connectivity index (χ0) is 14.3. The van der Waals surface area contributed by atoms with E-state index in [0.717, 1.165) is 28.7 Å². The van der Waals surface area contributed by atoms with Gasteiger partial charge in [0.15, 0.2) is 0 Å². The molecule has 1 amide bonds. The number of aromatic nitrogens is 1. The van der Waals surface area contributed by atoms with Gasteiger partial charge in [-0.1, -0.05) is 13.8 Å². The quantitative estimate of drug-likeness (QED) is 0.877. The minimum absolute atomic E-state index is 0.0253. The Hall–Kier alpha value is -1.46. The number of likely N-dealkylation sites (tertiary alicyclic amines) is 1. The van der Waals surface area contributed by atoms with Gasteiger partial charge < -0.3 is 10.6 Å². The summed E-state index contributed by atoms with van der Waals surface area (Å²) in [6.45, 7) is 5.71. The number of hydrogen-bond acceptors (Lipinski definition) is 4. The van der Waals surface area contributed by atoms with E-state index in [0.29, 0.717) is 6.54 Å². The highest BCUT2D eigenvalue weighted by Crippen LogP contribution is 2.29. The number of carbonyl (C=O) groups is 1. The molecule has 1 aromatic heterocycles. The Labute approximate surface area is 122 Å². The summed E-state index contributed by atoms with van der Waals surface area (Å²) in [7, 11) is 0. The molecule has 1 aliphatic heterocycles. The number of piperidine rings is 1. The number of nitrogens with zero attached hydrogens (tertiary/aromatic N) is 2. The maximum Gasteiger partial charge on any atom is 0.253 e. The van der Waals surface area contributed by atoms with E-state index in [2.05, 4.69) is 18.8 Å². The predicted molar refractivity (Wildman–Crippen MR) is 81.9 cm³/mol. The van der Waals surface area contributed by atoms with Gasteiger partial charge in [0, 0.05) is 24.7 Å². The van der Waals surface area contributed by atoms with Crippen molar-refractivity contribution >= 4 is 27.5 Å². The molecule has 106 valence electrons. The third kappa shape index (κ3) is 2.31. The van der Waals surface area contributed by atoms with E-state index in [4.69, 9.17) is 5.73 Å². The second-order valence-electron chi connectivity index (χ2n) is 6.15. The fraction of sp³-hybridized carbons (Fsp3) is 0.467. The van der Waals surface area contributed by atoms with Crippen LogP contribution in [0.5, 0.6) is 0 Å². The van der Waals surface area contributed by atoms with E-state index in [-0.39, 0.29) is 17.4 Å². The van der Waals surface area contributed by atoms with Crippen LogP contribution in [0.1, 0.15) is 30.6 Å². The van der Waals surface area contributed by atoms with E-state index in [1.807, 2.05) is 28.6 Å².